The number of benzene rings is 1. The number of para-hydroxylation sites is 1. The summed E-state index contributed by atoms with van der Waals surface area (Å²) in [6.07, 6.45) is 1.70. The zero-order valence-electron chi connectivity index (χ0n) is 17.4. The number of aliphatic hydroxyl groups is 1. The van der Waals surface area contributed by atoms with Gasteiger partial charge >= 0.3 is 0 Å². The van der Waals surface area contributed by atoms with Crippen LogP contribution in [0.5, 0.6) is 5.75 Å². The van der Waals surface area contributed by atoms with Crippen LogP contribution >= 0.6 is 11.8 Å². The van der Waals surface area contributed by atoms with Gasteiger partial charge in [0.2, 0.25) is 0 Å². The Kier molecular flexibility index (Phi) is 9.95. The van der Waals surface area contributed by atoms with Crippen LogP contribution in [0, 0.1) is 11.3 Å². The summed E-state index contributed by atoms with van der Waals surface area (Å²) in [6.45, 7) is 8.26. The third-order valence-corrected chi connectivity index (χ3v) is 6.34. The average molecular weight is 410 g/mol. The Morgan fingerprint density at radius 1 is 1.39 bits per heavy atom. The van der Waals surface area contributed by atoms with E-state index < -0.39 is 0 Å². The number of rotatable bonds is 11. The lowest BCUT2D eigenvalue weighted by atomic mass is 9.84. The van der Waals surface area contributed by atoms with Gasteiger partial charge in [0, 0.05) is 42.4 Å². The molecule has 0 saturated carbocycles. The standard InChI is InChI=1S/C21H35N3O3S/c1-4-22-20(24-15-21(9-11-25)10-12-27-16-21)23-13-17(2)14-28-19-8-6-5-7-18(19)26-3/h5-8,17,25H,4,9-16H2,1-3H3,(H2,22,23,24). The molecule has 3 N–H and O–H groups in total. The van der Waals surface area contributed by atoms with E-state index in [1.165, 1.54) is 4.90 Å². The first-order valence-corrected chi connectivity index (χ1v) is 11.1. The molecular weight excluding hydrogens is 374 g/mol. The largest absolute Gasteiger partial charge is 0.496 e. The minimum absolute atomic E-state index is 0.0254. The van der Waals surface area contributed by atoms with Gasteiger partial charge in [-0.05, 0) is 37.8 Å². The van der Waals surface area contributed by atoms with Gasteiger partial charge in [-0.25, -0.2) is 0 Å². The van der Waals surface area contributed by atoms with Crippen LogP contribution in [0.15, 0.2) is 34.2 Å². The zero-order valence-corrected chi connectivity index (χ0v) is 18.2. The Balaban J connectivity index is 1.84. The van der Waals surface area contributed by atoms with Crippen molar-refractivity contribution in [1.29, 1.82) is 0 Å². The minimum atomic E-state index is -0.0254. The van der Waals surface area contributed by atoms with E-state index in [0.717, 1.165) is 50.0 Å². The van der Waals surface area contributed by atoms with Gasteiger partial charge in [-0.2, -0.15) is 0 Å². The maximum atomic E-state index is 9.38. The van der Waals surface area contributed by atoms with Crippen molar-refractivity contribution in [3.05, 3.63) is 24.3 Å². The van der Waals surface area contributed by atoms with Crippen LogP contribution in [-0.4, -0.2) is 63.4 Å². The maximum absolute atomic E-state index is 9.38. The van der Waals surface area contributed by atoms with Crippen LogP contribution in [0.2, 0.25) is 0 Å². The highest BCUT2D eigenvalue weighted by Gasteiger charge is 2.34. The first kappa shape index (κ1) is 22.8. The molecule has 1 aromatic carbocycles. The molecule has 0 bridgehead atoms. The molecule has 0 radical (unpaired) electrons. The van der Waals surface area contributed by atoms with Gasteiger partial charge < -0.3 is 25.2 Å². The SMILES string of the molecule is CCNC(=NCC1(CCO)CCOC1)NCC(C)CSc1ccccc1OC. The molecule has 0 spiro atoms. The van der Waals surface area contributed by atoms with E-state index in [9.17, 15) is 5.11 Å². The molecule has 0 aromatic heterocycles. The molecule has 6 nitrogen and oxygen atoms in total. The van der Waals surface area contributed by atoms with E-state index in [4.69, 9.17) is 14.5 Å². The Labute approximate surface area is 173 Å². The first-order valence-electron chi connectivity index (χ1n) is 10.1. The van der Waals surface area contributed by atoms with Crippen molar-refractivity contribution < 1.29 is 14.6 Å². The van der Waals surface area contributed by atoms with Crippen molar-refractivity contribution in [3.8, 4) is 5.75 Å². The van der Waals surface area contributed by atoms with Crippen molar-refractivity contribution in [2.45, 2.75) is 31.6 Å². The molecule has 1 heterocycles. The summed E-state index contributed by atoms with van der Waals surface area (Å²) >= 11 is 1.81. The summed E-state index contributed by atoms with van der Waals surface area (Å²) in [5.41, 5.74) is -0.0254. The second-order valence-corrected chi connectivity index (χ2v) is 8.48. The van der Waals surface area contributed by atoms with E-state index in [-0.39, 0.29) is 12.0 Å². The second kappa shape index (κ2) is 12.2. The molecule has 1 aliphatic heterocycles. The van der Waals surface area contributed by atoms with Gasteiger partial charge in [0.05, 0.1) is 20.3 Å². The Hall–Kier alpha value is -1.44. The number of guanidine groups is 1. The Bertz CT molecular complexity index is 606. The van der Waals surface area contributed by atoms with E-state index in [2.05, 4.69) is 30.5 Å². The minimum Gasteiger partial charge on any atom is -0.496 e. The number of ether oxygens (including phenoxy) is 2. The van der Waals surface area contributed by atoms with Gasteiger partial charge in [-0.1, -0.05) is 19.1 Å². The predicted octanol–water partition coefficient (Wildman–Crippen LogP) is 2.77. The molecule has 1 aliphatic rings. The fourth-order valence-corrected chi connectivity index (χ4v) is 4.23. The quantitative estimate of drug-likeness (QED) is 0.296. The molecule has 0 aliphatic carbocycles. The van der Waals surface area contributed by atoms with Crippen LogP contribution in [0.4, 0.5) is 0 Å². The topological polar surface area (TPSA) is 75.1 Å². The van der Waals surface area contributed by atoms with Crippen LogP contribution in [0.25, 0.3) is 0 Å². The number of hydrogen-bond donors (Lipinski definition) is 3. The van der Waals surface area contributed by atoms with Crippen molar-refractivity contribution in [1.82, 2.24) is 10.6 Å². The molecule has 2 rings (SSSR count). The lowest BCUT2D eigenvalue weighted by Gasteiger charge is -2.25. The third-order valence-electron chi connectivity index (χ3n) is 4.95. The predicted molar refractivity (Wildman–Crippen MR) is 116 cm³/mol. The second-order valence-electron chi connectivity index (χ2n) is 7.42. The molecule has 7 heteroatoms. The fourth-order valence-electron chi connectivity index (χ4n) is 3.18. The smallest absolute Gasteiger partial charge is 0.191 e. The number of methoxy groups -OCH3 is 1. The van der Waals surface area contributed by atoms with Gasteiger partial charge in [-0.3, -0.25) is 4.99 Å². The molecule has 1 fully saturated rings. The molecule has 0 amide bonds. The lowest BCUT2D eigenvalue weighted by Crippen LogP contribution is -2.41. The Morgan fingerprint density at radius 2 is 2.21 bits per heavy atom. The third kappa shape index (κ3) is 7.18. The van der Waals surface area contributed by atoms with Crippen LogP contribution in [-0.2, 0) is 4.74 Å². The molecule has 158 valence electrons. The summed E-state index contributed by atoms with van der Waals surface area (Å²) in [5.74, 6) is 3.23. The number of nitrogens with zero attached hydrogens (tertiary/aromatic N) is 1. The Morgan fingerprint density at radius 3 is 2.89 bits per heavy atom. The van der Waals surface area contributed by atoms with Crippen molar-refractivity contribution in [2.24, 2.45) is 16.3 Å². The number of thioether (sulfide) groups is 1. The number of nitrogens with one attached hydrogen (secondary N) is 2. The summed E-state index contributed by atoms with van der Waals surface area (Å²) < 4.78 is 11.0. The summed E-state index contributed by atoms with van der Waals surface area (Å²) in [4.78, 5) is 5.95. The molecule has 2 unspecified atom stereocenters. The van der Waals surface area contributed by atoms with Crippen LogP contribution in [0.3, 0.4) is 0 Å². The average Bonchev–Trinajstić information content (AvgIpc) is 3.17. The van der Waals surface area contributed by atoms with Gasteiger partial charge in [0.25, 0.3) is 0 Å². The van der Waals surface area contributed by atoms with Crippen molar-refractivity contribution in [2.75, 3.05) is 52.3 Å². The molecule has 2 atom stereocenters. The molecular formula is C21H35N3O3S. The summed E-state index contributed by atoms with van der Waals surface area (Å²) in [6, 6.07) is 8.13. The summed E-state index contributed by atoms with van der Waals surface area (Å²) in [7, 11) is 1.71. The van der Waals surface area contributed by atoms with Gasteiger partial charge in [-0.15, -0.1) is 11.8 Å². The summed E-state index contributed by atoms with van der Waals surface area (Å²) in [5, 5.41) is 16.2. The van der Waals surface area contributed by atoms with E-state index in [0.29, 0.717) is 19.1 Å². The van der Waals surface area contributed by atoms with E-state index in [1.54, 1.807) is 7.11 Å². The highest BCUT2D eigenvalue weighted by Crippen LogP contribution is 2.32. The highest BCUT2D eigenvalue weighted by molar-refractivity contribution is 7.99. The number of aliphatic imine (C=N–C) groups is 1. The van der Waals surface area contributed by atoms with E-state index in [1.807, 2.05) is 30.0 Å². The molecule has 1 saturated heterocycles. The van der Waals surface area contributed by atoms with E-state index >= 15 is 0 Å². The van der Waals surface area contributed by atoms with Gasteiger partial charge in [0.15, 0.2) is 5.96 Å². The van der Waals surface area contributed by atoms with Crippen LogP contribution in [0.1, 0.15) is 26.7 Å². The number of hydrogen-bond acceptors (Lipinski definition) is 5. The molecule has 1 aromatic rings. The molecule has 28 heavy (non-hydrogen) atoms. The van der Waals surface area contributed by atoms with Crippen molar-refractivity contribution >= 4 is 17.7 Å². The normalized spacial score (nSPS) is 20.8. The van der Waals surface area contributed by atoms with Crippen LogP contribution < -0.4 is 15.4 Å². The fraction of sp³-hybridized carbons (Fsp3) is 0.667. The van der Waals surface area contributed by atoms with Crippen molar-refractivity contribution in [3.63, 3.8) is 0 Å². The lowest BCUT2D eigenvalue weighted by molar-refractivity contribution is 0.131. The first-order chi connectivity index (χ1) is 13.6. The van der Waals surface area contributed by atoms with Gasteiger partial charge in [0.1, 0.15) is 5.75 Å². The number of aliphatic hydroxyl groups excluding tert-OH is 1. The maximum Gasteiger partial charge on any atom is 0.191 e. The highest BCUT2D eigenvalue weighted by atomic mass is 32.2. The zero-order chi connectivity index (χ0) is 20.2. The monoisotopic (exact) mass is 409 g/mol.